The van der Waals surface area contributed by atoms with Crippen LogP contribution in [-0.4, -0.2) is 34.7 Å². The monoisotopic (exact) mass is 355 g/mol. The largest absolute Gasteiger partial charge is 0.504 e. The van der Waals surface area contributed by atoms with E-state index in [0.717, 1.165) is 5.56 Å². The average Bonchev–Trinajstić information content (AvgIpc) is 3.07. The molecule has 0 bridgehead atoms. The van der Waals surface area contributed by atoms with Gasteiger partial charge in [0.15, 0.2) is 23.1 Å². The number of aromatic hydroxyl groups is 1. The molecule has 0 saturated heterocycles. The van der Waals surface area contributed by atoms with Crippen LogP contribution in [0.3, 0.4) is 0 Å². The third-order valence-corrected chi connectivity index (χ3v) is 3.75. The Balaban J connectivity index is 1.64. The van der Waals surface area contributed by atoms with Crippen LogP contribution in [0.4, 0.5) is 0 Å². The molecule has 7 nitrogen and oxygen atoms in total. The lowest BCUT2D eigenvalue weighted by Gasteiger charge is -2.14. The van der Waals surface area contributed by atoms with E-state index in [1.807, 2.05) is 30.3 Å². The number of nitrogens with one attached hydrogen (secondary N) is 1. The van der Waals surface area contributed by atoms with Gasteiger partial charge >= 0.3 is 5.97 Å². The number of phenols is 1. The van der Waals surface area contributed by atoms with E-state index in [0.29, 0.717) is 5.39 Å². The Kier molecular flexibility index (Phi) is 5.19. The maximum absolute atomic E-state index is 12.3. The number of phenolic OH excluding ortho intramolecular Hbond substituents is 1. The standard InChI is InChI=1S/C19H17NO6/c21-15-8-4-7-13-9-16(26-17(13)15)18(22)20-14(19(23)24)11-25-10-12-5-2-1-3-6-12/h1-9,14,21H,10-11H2,(H,20,22)(H,23,24)/t14-/m0/s1. The molecule has 26 heavy (non-hydrogen) atoms. The topological polar surface area (TPSA) is 109 Å². The van der Waals surface area contributed by atoms with Gasteiger partial charge in [0.05, 0.1) is 13.2 Å². The predicted octanol–water partition coefficient (Wildman–Crippen LogP) is 2.54. The van der Waals surface area contributed by atoms with Crippen LogP contribution in [0.25, 0.3) is 11.0 Å². The molecule has 0 fully saturated rings. The van der Waals surface area contributed by atoms with Crippen LogP contribution >= 0.6 is 0 Å². The summed E-state index contributed by atoms with van der Waals surface area (Å²) in [5.74, 6) is -2.10. The minimum Gasteiger partial charge on any atom is -0.504 e. The summed E-state index contributed by atoms with van der Waals surface area (Å²) in [6, 6.07) is 14.2. The molecule has 0 aliphatic carbocycles. The van der Waals surface area contributed by atoms with Gasteiger partial charge in [0.2, 0.25) is 0 Å². The number of benzene rings is 2. The number of rotatable bonds is 7. The fraction of sp³-hybridized carbons (Fsp3) is 0.158. The molecule has 3 aromatic rings. The van der Waals surface area contributed by atoms with Gasteiger partial charge in [-0.25, -0.2) is 4.79 Å². The fourth-order valence-electron chi connectivity index (χ4n) is 2.43. The van der Waals surface area contributed by atoms with E-state index in [4.69, 9.17) is 9.15 Å². The molecule has 134 valence electrons. The summed E-state index contributed by atoms with van der Waals surface area (Å²) in [7, 11) is 0. The molecule has 0 radical (unpaired) electrons. The van der Waals surface area contributed by atoms with Gasteiger partial charge in [-0.3, -0.25) is 4.79 Å². The summed E-state index contributed by atoms with van der Waals surface area (Å²) in [6.45, 7) is 0.0421. The molecule has 2 aromatic carbocycles. The molecule has 1 amide bonds. The highest BCUT2D eigenvalue weighted by Crippen LogP contribution is 2.27. The maximum Gasteiger partial charge on any atom is 0.328 e. The first kappa shape index (κ1) is 17.5. The van der Waals surface area contributed by atoms with Gasteiger partial charge in [0.1, 0.15) is 0 Å². The number of carboxylic acid groups (broad SMARTS) is 1. The molecular weight excluding hydrogens is 338 g/mol. The predicted molar refractivity (Wildman–Crippen MR) is 92.9 cm³/mol. The molecule has 3 N–H and O–H groups in total. The first-order valence-electron chi connectivity index (χ1n) is 7.91. The summed E-state index contributed by atoms with van der Waals surface area (Å²) in [5, 5.41) is 21.9. The van der Waals surface area contributed by atoms with E-state index in [1.54, 1.807) is 12.1 Å². The zero-order valence-electron chi connectivity index (χ0n) is 13.7. The SMILES string of the molecule is O=C(N[C@@H](COCc1ccccc1)C(=O)O)c1cc2cccc(O)c2o1. The van der Waals surface area contributed by atoms with E-state index < -0.39 is 17.9 Å². The molecular formula is C19H17NO6. The molecule has 1 atom stereocenters. The zero-order chi connectivity index (χ0) is 18.5. The minimum absolute atomic E-state index is 0.0872. The van der Waals surface area contributed by atoms with Crippen molar-refractivity contribution in [3.63, 3.8) is 0 Å². The quantitative estimate of drug-likeness (QED) is 0.601. The number of hydrogen-bond acceptors (Lipinski definition) is 5. The lowest BCUT2D eigenvalue weighted by molar-refractivity contribution is -0.141. The van der Waals surface area contributed by atoms with Gasteiger partial charge in [-0.15, -0.1) is 0 Å². The molecule has 7 heteroatoms. The van der Waals surface area contributed by atoms with E-state index in [-0.39, 0.29) is 30.3 Å². The number of fused-ring (bicyclic) bond motifs is 1. The van der Waals surface area contributed by atoms with Crippen LogP contribution in [0, 0.1) is 0 Å². The number of para-hydroxylation sites is 1. The average molecular weight is 355 g/mol. The summed E-state index contributed by atoms with van der Waals surface area (Å²) in [5.41, 5.74) is 1.07. The van der Waals surface area contributed by atoms with Crippen molar-refractivity contribution in [3.8, 4) is 5.75 Å². The Hall–Kier alpha value is -3.32. The normalized spacial score (nSPS) is 12.0. The Bertz CT molecular complexity index is 918. The number of ether oxygens (including phenoxy) is 1. The zero-order valence-corrected chi connectivity index (χ0v) is 13.7. The number of furan rings is 1. The van der Waals surface area contributed by atoms with Crippen molar-refractivity contribution >= 4 is 22.8 Å². The molecule has 0 aliphatic heterocycles. The van der Waals surface area contributed by atoms with Crippen LogP contribution in [0.5, 0.6) is 5.75 Å². The number of carboxylic acids is 1. The number of hydrogen-bond donors (Lipinski definition) is 3. The lowest BCUT2D eigenvalue weighted by Crippen LogP contribution is -2.43. The molecule has 1 heterocycles. The van der Waals surface area contributed by atoms with Crippen molar-refractivity contribution in [1.82, 2.24) is 5.32 Å². The minimum atomic E-state index is -1.23. The molecule has 0 unspecified atom stereocenters. The van der Waals surface area contributed by atoms with Crippen LogP contribution < -0.4 is 5.32 Å². The first-order valence-corrected chi connectivity index (χ1v) is 7.91. The fourth-order valence-corrected chi connectivity index (χ4v) is 2.43. The van der Waals surface area contributed by atoms with Crippen molar-refractivity contribution in [2.45, 2.75) is 12.6 Å². The molecule has 0 saturated carbocycles. The summed E-state index contributed by atoms with van der Waals surface area (Å²) in [6.07, 6.45) is 0. The van der Waals surface area contributed by atoms with Crippen molar-refractivity contribution in [2.24, 2.45) is 0 Å². The number of carbonyl (C=O) groups is 2. The van der Waals surface area contributed by atoms with E-state index in [1.165, 1.54) is 12.1 Å². The van der Waals surface area contributed by atoms with Crippen molar-refractivity contribution in [3.05, 3.63) is 65.9 Å². The Morgan fingerprint density at radius 1 is 1.12 bits per heavy atom. The lowest BCUT2D eigenvalue weighted by atomic mass is 10.2. The molecule has 1 aromatic heterocycles. The van der Waals surface area contributed by atoms with Gasteiger partial charge in [0.25, 0.3) is 5.91 Å². The van der Waals surface area contributed by atoms with Crippen LogP contribution in [-0.2, 0) is 16.1 Å². The smallest absolute Gasteiger partial charge is 0.328 e. The Labute approximate surface area is 148 Å². The number of carbonyl (C=O) groups excluding carboxylic acids is 1. The third-order valence-electron chi connectivity index (χ3n) is 3.75. The Morgan fingerprint density at radius 2 is 1.88 bits per heavy atom. The van der Waals surface area contributed by atoms with Crippen molar-refractivity contribution in [2.75, 3.05) is 6.61 Å². The van der Waals surface area contributed by atoms with Gasteiger partial charge in [-0.1, -0.05) is 42.5 Å². The molecule has 0 aliphatic rings. The maximum atomic E-state index is 12.3. The third kappa shape index (κ3) is 4.01. The number of amides is 1. The highest BCUT2D eigenvalue weighted by Gasteiger charge is 2.23. The second-order valence-corrected chi connectivity index (χ2v) is 5.67. The molecule has 3 rings (SSSR count). The highest BCUT2D eigenvalue weighted by molar-refractivity contribution is 5.98. The second kappa shape index (κ2) is 7.71. The molecule has 0 spiro atoms. The first-order chi connectivity index (χ1) is 12.5. The number of aliphatic carboxylic acids is 1. The van der Waals surface area contributed by atoms with Gasteiger partial charge in [-0.2, -0.15) is 0 Å². The van der Waals surface area contributed by atoms with Crippen LogP contribution in [0.15, 0.2) is 59.0 Å². The van der Waals surface area contributed by atoms with Gasteiger partial charge in [-0.05, 0) is 17.7 Å². The van der Waals surface area contributed by atoms with E-state index >= 15 is 0 Å². The second-order valence-electron chi connectivity index (χ2n) is 5.67. The highest BCUT2D eigenvalue weighted by atomic mass is 16.5. The van der Waals surface area contributed by atoms with Gasteiger partial charge < -0.3 is 24.7 Å². The van der Waals surface area contributed by atoms with Gasteiger partial charge in [0, 0.05) is 5.39 Å². The van der Waals surface area contributed by atoms with Crippen molar-refractivity contribution < 1.29 is 29.0 Å². The van der Waals surface area contributed by atoms with E-state index in [9.17, 15) is 19.8 Å². The van der Waals surface area contributed by atoms with E-state index in [2.05, 4.69) is 5.32 Å². The summed E-state index contributed by atoms with van der Waals surface area (Å²) < 4.78 is 10.7. The van der Waals surface area contributed by atoms with Crippen molar-refractivity contribution in [1.29, 1.82) is 0 Å². The summed E-state index contributed by atoms with van der Waals surface area (Å²) >= 11 is 0. The Morgan fingerprint density at radius 3 is 2.58 bits per heavy atom. The summed E-state index contributed by atoms with van der Waals surface area (Å²) in [4.78, 5) is 23.6. The van der Waals surface area contributed by atoms with Crippen LogP contribution in [0.2, 0.25) is 0 Å². The van der Waals surface area contributed by atoms with Crippen LogP contribution in [0.1, 0.15) is 16.1 Å².